The van der Waals surface area contributed by atoms with Crippen LogP contribution in [0.1, 0.15) is 23.7 Å². The summed E-state index contributed by atoms with van der Waals surface area (Å²) in [6.45, 7) is 2.17. The van der Waals surface area contributed by atoms with E-state index in [1.54, 1.807) is 0 Å². The van der Waals surface area contributed by atoms with E-state index in [9.17, 15) is 0 Å². The van der Waals surface area contributed by atoms with Crippen molar-refractivity contribution in [1.82, 2.24) is 9.55 Å². The topological polar surface area (TPSA) is 17.8 Å². The predicted octanol–water partition coefficient (Wildman–Crippen LogP) is 2.57. The molecule has 0 amide bonds. The Labute approximate surface area is 90.6 Å². The molecule has 0 aliphatic heterocycles. The maximum Gasteiger partial charge on any atom is 0.0946 e. The Morgan fingerprint density at radius 2 is 1.80 bits per heavy atom. The Bertz CT molecular complexity index is 426. The van der Waals surface area contributed by atoms with E-state index in [0.717, 1.165) is 18.5 Å². The summed E-state index contributed by atoms with van der Waals surface area (Å²) in [6.07, 6.45) is 5.93. The summed E-state index contributed by atoms with van der Waals surface area (Å²) in [5, 5.41) is 0. The van der Waals surface area contributed by atoms with Crippen LogP contribution in [0.5, 0.6) is 0 Å². The smallest absolute Gasteiger partial charge is 0.0946 e. The summed E-state index contributed by atoms with van der Waals surface area (Å²) < 4.78 is 1.98. The van der Waals surface area contributed by atoms with Crippen molar-refractivity contribution in [2.75, 3.05) is 0 Å². The average molecular weight is 200 g/mol. The van der Waals surface area contributed by atoms with Crippen molar-refractivity contribution in [3.05, 3.63) is 53.6 Å². The molecule has 2 aromatic rings. The highest BCUT2D eigenvalue weighted by Crippen LogP contribution is 2.09. The van der Waals surface area contributed by atoms with Gasteiger partial charge in [-0.3, -0.25) is 0 Å². The summed E-state index contributed by atoms with van der Waals surface area (Å²) in [4.78, 5) is 4.32. The Balaban J connectivity index is 2.11. The third kappa shape index (κ3) is 2.46. The molecule has 0 saturated heterocycles. The van der Waals surface area contributed by atoms with Crippen LogP contribution in [0.4, 0.5) is 0 Å². The first-order valence-corrected chi connectivity index (χ1v) is 5.32. The van der Waals surface area contributed by atoms with Crippen LogP contribution in [0.15, 0.2) is 36.8 Å². The Morgan fingerprint density at radius 1 is 1.13 bits per heavy atom. The minimum Gasteiger partial charge on any atom is -0.340 e. The molecule has 0 N–H and O–H groups in total. The quantitative estimate of drug-likeness (QED) is 0.744. The Kier molecular flexibility index (Phi) is 2.86. The van der Waals surface area contributed by atoms with E-state index in [4.69, 9.17) is 0 Å². The van der Waals surface area contributed by atoms with Gasteiger partial charge < -0.3 is 4.57 Å². The standard InChI is InChI=1S/C13H16N2/c1-3-11-4-6-12(7-5-11)8-13-9-15(2)10-14-13/h4-7,9-10H,3,8H2,1-2H3. The molecule has 0 radical (unpaired) electrons. The van der Waals surface area contributed by atoms with E-state index < -0.39 is 0 Å². The molecule has 0 saturated carbocycles. The predicted molar refractivity (Wildman–Crippen MR) is 61.8 cm³/mol. The molecule has 1 aromatic heterocycles. The van der Waals surface area contributed by atoms with Crippen LogP contribution in [0.2, 0.25) is 0 Å². The summed E-state index contributed by atoms with van der Waals surface area (Å²) in [5.41, 5.74) is 3.84. The second kappa shape index (κ2) is 4.30. The molecule has 1 aromatic carbocycles. The van der Waals surface area contributed by atoms with Gasteiger partial charge >= 0.3 is 0 Å². The van der Waals surface area contributed by atoms with Crippen molar-refractivity contribution in [2.24, 2.45) is 7.05 Å². The molecular weight excluding hydrogens is 184 g/mol. The highest BCUT2D eigenvalue weighted by molar-refractivity contribution is 5.25. The van der Waals surface area contributed by atoms with Gasteiger partial charge in [0.15, 0.2) is 0 Å². The number of aromatic nitrogens is 2. The van der Waals surface area contributed by atoms with Gasteiger partial charge in [0, 0.05) is 19.7 Å². The lowest BCUT2D eigenvalue weighted by Crippen LogP contribution is -1.89. The van der Waals surface area contributed by atoms with E-state index >= 15 is 0 Å². The van der Waals surface area contributed by atoms with Crippen LogP contribution >= 0.6 is 0 Å². The van der Waals surface area contributed by atoms with Gasteiger partial charge in [-0.05, 0) is 17.5 Å². The first kappa shape index (κ1) is 9.97. The fourth-order valence-corrected chi connectivity index (χ4v) is 1.66. The molecular formula is C13H16N2. The van der Waals surface area contributed by atoms with Crippen LogP contribution in [-0.2, 0) is 19.9 Å². The highest BCUT2D eigenvalue weighted by atomic mass is 15.0. The zero-order chi connectivity index (χ0) is 10.7. The van der Waals surface area contributed by atoms with E-state index in [1.807, 2.05) is 17.9 Å². The minimum atomic E-state index is 0.921. The Morgan fingerprint density at radius 3 is 2.33 bits per heavy atom. The van der Waals surface area contributed by atoms with Crippen LogP contribution in [0, 0.1) is 0 Å². The van der Waals surface area contributed by atoms with Crippen LogP contribution in [0.25, 0.3) is 0 Å². The van der Waals surface area contributed by atoms with Crippen molar-refractivity contribution < 1.29 is 0 Å². The molecule has 0 aliphatic rings. The van der Waals surface area contributed by atoms with E-state index in [0.29, 0.717) is 0 Å². The van der Waals surface area contributed by atoms with Crippen molar-refractivity contribution >= 4 is 0 Å². The SMILES string of the molecule is CCc1ccc(Cc2cn(C)cn2)cc1. The number of hydrogen-bond donors (Lipinski definition) is 0. The lowest BCUT2D eigenvalue weighted by atomic mass is 10.1. The molecule has 0 aliphatic carbocycles. The summed E-state index contributed by atoms with van der Waals surface area (Å²) in [7, 11) is 2.00. The molecule has 15 heavy (non-hydrogen) atoms. The minimum absolute atomic E-state index is 0.921. The molecule has 0 spiro atoms. The number of benzene rings is 1. The van der Waals surface area contributed by atoms with Gasteiger partial charge in [-0.2, -0.15) is 0 Å². The van der Waals surface area contributed by atoms with Gasteiger partial charge in [0.2, 0.25) is 0 Å². The van der Waals surface area contributed by atoms with Crippen molar-refractivity contribution in [1.29, 1.82) is 0 Å². The van der Waals surface area contributed by atoms with E-state index in [-0.39, 0.29) is 0 Å². The fourth-order valence-electron chi connectivity index (χ4n) is 1.66. The van der Waals surface area contributed by atoms with E-state index in [2.05, 4.69) is 42.4 Å². The highest BCUT2D eigenvalue weighted by Gasteiger charge is 1.99. The molecule has 1 heterocycles. The molecule has 2 nitrogen and oxygen atoms in total. The van der Waals surface area contributed by atoms with Crippen LogP contribution in [-0.4, -0.2) is 9.55 Å². The zero-order valence-corrected chi connectivity index (χ0v) is 9.27. The molecule has 0 fully saturated rings. The van der Waals surface area contributed by atoms with Gasteiger partial charge in [0.05, 0.1) is 12.0 Å². The van der Waals surface area contributed by atoms with Gasteiger partial charge in [-0.15, -0.1) is 0 Å². The average Bonchev–Trinajstić information content (AvgIpc) is 2.65. The largest absolute Gasteiger partial charge is 0.340 e. The molecule has 0 unspecified atom stereocenters. The van der Waals surface area contributed by atoms with E-state index in [1.165, 1.54) is 11.1 Å². The van der Waals surface area contributed by atoms with Gasteiger partial charge in [-0.1, -0.05) is 31.2 Å². The maximum absolute atomic E-state index is 4.32. The Hall–Kier alpha value is -1.57. The normalized spacial score (nSPS) is 10.5. The zero-order valence-electron chi connectivity index (χ0n) is 9.27. The third-order valence-electron chi connectivity index (χ3n) is 2.57. The fraction of sp³-hybridized carbons (Fsp3) is 0.308. The monoisotopic (exact) mass is 200 g/mol. The lowest BCUT2D eigenvalue weighted by molar-refractivity contribution is 0.912. The summed E-state index contributed by atoms with van der Waals surface area (Å²) in [5.74, 6) is 0. The van der Waals surface area contributed by atoms with Gasteiger partial charge in [0.1, 0.15) is 0 Å². The number of imidazole rings is 1. The second-order valence-electron chi connectivity index (χ2n) is 3.88. The van der Waals surface area contributed by atoms with Crippen molar-refractivity contribution in [3.63, 3.8) is 0 Å². The molecule has 0 atom stereocenters. The number of rotatable bonds is 3. The number of aryl methyl sites for hydroxylation is 2. The van der Waals surface area contributed by atoms with Gasteiger partial charge in [-0.25, -0.2) is 4.98 Å². The molecule has 78 valence electrons. The van der Waals surface area contributed by atoms with Crippen LogP contribution < -0.4 is 0 Å². The second-order valence-corrected chi connectivity index (χ2v) is 3.88. The maximum atomic E-state index is 4.32. The van der Waals surface area contributed by atoms with Gasteiger partial charge in [0.25, 0.3) is 0 Å². The first-order valence-electron chi connectivity index (χ1n) is 5.32. The first-order chi connectivity index (χ1) is 7.28. The number of hydrogen-bond acceptors (Lipinski definition) is 1. The molecule has 2 rings (SSSR count). The molecule has 0 bridgehead atoms. The molecule has 2 heteroatoms. The van der Waals surface area contributed by atoms with Crippen LogP contribution in [0.3, 0.4) is 0 Å². The lowest BCUT2D eigenvalue weighted by Gasteiger charge is -2.00. The third-order valence-corrected chi connectivity index (χ3v) is 2.57. The summed E-state index contributed by atoms with van der Waals surface area (Å²) in [6, 6.07) is 8.76. The summed E-state index contributed by atoms with van der Waals surface area (Å²) >= 11 is 0. The van der Waals surface area contributed by atoms with Crippen molar-refractivity contribution in [3.8, 4) is 0 Å². The number of nitrogens with zero attached hydrogens (tertiary/aromatic N) is 2. The van der Waals surface area contributed by atoms with Crippen molar-refractivity contribution in [2.45, 2.75) is 19.8 Å².